The van der Waals surface area contributed by atoms with Gasteiger partial charge in [0.2, 0.25) is 10.0 Å². The van der Waals surface area contributed by atoms with E-state index in [-0.39, 0.29) is 33.6 Å². The summed E-state index contributed by atoms with van der Waals surface area (Å²) in [6.07, 6.45) is 1.84. The Balaban J connectivity index is 1.99. The maximum Gasteiger partial charge on any atom is 0.263 e. The van der Waals surface area contributed by atoms with Gasteiger partial charge in [0, 0.05) is 19.6 Å². The summed E-state index contributed by atoms with van der Waals surface area (Å²) in [5, 5.41) is 3.25. The topological polar surface area (TPSA) is 105 Å². The predicted octanol–water partition coefficient (Wildman–Crippen LogP) is 3.37. The van der Waals surface area contributed by atoms with E-state index in [2.05, 4.69) is 10.0 Å². The Morgan fingerprint density at radius 3 is 2.42 bits per heavy atom. The van der Waals surface area contributed by atoms with Gasteiger partial charge in [-0.2, -0.15) is 4.31 Å². The minimum Gasteiger partial charge on any atom is -0.383 e. The number of nitrogens with zero attached hydrogens (tertiary/aromatic N) is 1. The zero-order valence-corrected chi connectivity index (χ0v) is 19.6. The molecular formula is C20H26ClN3O5S2. The highest BCUT2D eigenvalue weighted by molar-refractivity contribution is 7.93. The third-order valence-electron chi connectivity index (χ3n) is 4.82. The summed E-state index contributed by atoms with van der Waals surface area (Å²) in [4.78, 5) is -0.0788. The molecule has 0 aromatic heterocycles. The van der Waals surface area contributed by atoms with Crippen LogP contribution in [0, 0.1) is 0 Å². The van der Waals surface area contributed by atoms with Crippen molar-refractivity contribution in [1.82, 2.24) is 4.31 Å². The number of halogens is 1. The minimum atomic E-state index is -4.03. The summed E-state index contributed by atoms with van der Waals surface area (Å²) < 4.78 is 61.1. The third kappa shape index (κ3) is 5.69. The Kier molecular flexibility index (Phi) is 7.82. The smallest absolute Gasteiger partial charge is 0.263 e. The van der Waals surface area contributed by atoms with Gasteiger partial charge in [-0.15, -0.1) is 0 Å². The Bertz CT molecular complexity index is 1120. The molecule has 31 heavy (non-hydrogen) atoms. The van der Waals surface area contributed by atoms with Crippen LogP contribution >= 0.6 is 11.6 Å². The van der Waals surface area contributed by atoms with E-state index in [1.54, 1.807) is 18.2 Å². The molecule has 0 amide bonds. The summed E-state index contributed by atoms with van der Waals surface area (Å²) >= 11 is 6.07. The van der Waals surface area contributed by atoms with Gasteiger partial charge in [-0.05, 0) is 36.8 Å². The first-order valence-electron chi connectivity index (χ1n) is 9.99. The van der Waals surface area contributed by atoms with Crippen LogP contribution in [0.25, 0.3) is 0 Å². The van der Waals surface area contributed by atoms with Crippen LogP contribution in [0.15, 0.2) is 52.3 Å². The first-order chi connectivity index (χ1) is 14.8. The molecule has 2 aromatic carbocycles. The molecule has 2 N–H and O–H groups in total. The lowest BCUT2D eigenvalue weighted by Gasteiger charge is -2.26. The van der Waals surface area contributed by atoms with Crippen LogP contribution in [-0.2, 0) is 24.8 Å². The van der Waals surface area contributed by atoms with Crippen molar-refractivity contribution in [2.24, 2.45) is 0 Å². The van der Waals surface area contributed by atoms with Crippen LogP contribution in [0.5, 0.6) is 0 Å². The number of hydrogen-bond acceptors (Lipinski definition) is 6. The second kappa shape index (κ2) is 10.2. The lowest BCUT2D eigenvalue weighted by molar-refractivity contribution is 0.0730. The minimum absolute atomic E-state index is 0.00676. The summed E-state index contributed by atoms with van der Waals surface area (Å²) in [7, 11) is -7.82. The number of rotatable bonds is 9. The number of benzene rings is 2. The van der Waals surface area contributed by atoms with Crippen molar-refractivity contribution in [1.29, 1.82) is 0 Å². The molecule has 2 aromatic rings. The zero-order valence-electron chi connectivity index (χ0n) is 17.2. The third-order valence-corrected chi connectivity index (χ3v) is 8.58. The highest BCUT2D eigenvalue weighted by Gasteiger charge is 2.28. The molecule has 170 valence electrons. The fraction of sp³-hybridized carbons (Fsp3) is 0.400. The summed E-state index contributed by atoms with van der Waals surface area (Å²) in [6.45, 7) is 3.80. The van der Waals surface area contributed by atoms with Gasteiger partial charge in [0.15, 0.2) is 0 Å². The van der Waals surface area contributed by atoms with Gasteiger partial charge in [0.05, 0.1) is 34.5 Å². The molecule has 0 saturated carbocycles. The fourth-order valence-corrected chi connectivity index (χ4v) is 6.15. The molecule has 8 nitrogen and oxygen atoms in total. The number of ether oxygens (including phenoxy) is 1. The lowest BCUT2D eigenvalue weighted by Crippen LogP contribution is -2.40. The normalized spacial score (nSPS) is 15.5. The van der Waals surface area contributed by atoms with Crippen LogP contribution in [0.3, 0.4) is 0 Å². The molecular weight excluding hydrogens is 462 g/mol. The van der Waals surface area contributed by atoms with Crippen molar-refractivity contribution in [3.8, 4) is 0 Å². The van der Waals surface area contributed by atoms with E-state index >= 15 is 0 Å². The highest BCUT2D eigenvalue weighted by atomic mass is 35.5. The van der Waals surface area contributed by atoms with E-state index in [4.69, 9.17) is 16.3 Å². The molecule has 3 rings (SSSR count). The standard InChI is InChI=1S/C20H26ClN3O5S2/c1-2-3-10-22-18-9-8-16(31(27,28)24-11-13-29-14-12-24)15-19(18)23-30(25,26)20-7-5-4-6-17(20)21/h4-9,15,22-23H,2-3,10-14H2,1H3. The SMILES string of the molecule is CCCCNc1ccc(S(=O)(=O)N2CCOCC2)cc1NS(=O)(=O)c1ccccc1Cl. The summed E-state index contributed by atoms with van der Waals surface area (Å²) in [5.74, 6) is 0. The van der Waals surface area contributed by atoms with Gasteiger partial charge in [-0.3, -0.25) is 4.72 Å². The van der Waals surface area contributed by atoms with Gasteiger partial charge < -0.3 is 10.1 Å². The highest BCUT2D eigenvalue weighted by Crippen LogP contribution is 2.31. The van der Waals surface area contributed by atoms with E-state index in [0.717, 1.165) is 12.8 Å². The molecule has 0 radical (unpaired) electrons. The van der Waals surface area contributed by atoms with Crippen molar-refractivity contribution in [3.63, 3.8) is 0 Å². The van der Waals surface area contributed by atoms with E-state index in [9.17, 15) is 16.8 Å². The van der Waals surface area contributed by atoms with Crippen LogP contribution in [-0.4, -0.2) is 54.0 Å². The van der Waals surface area contributed by atoms with Gasteiger partial charge in [-0.25, -0.2) is 16.8 Å². The van der Waals surface area contributed by atoms with Gasteiger partial charge in [0.25, 0.3) is 10.0 Å². The number of nitrogens with one attached hydrogen (secondary N) is 2. The largest absolute Gasteiger partial charge is 0.383 e. The average molecular weight is 488 g/mol. The van der Waals surface area contributed by atoms with Gasteiger partial charge >= 0.3 is 0 Å². The average Bonchev–Trinajstić information content (AvgIpc) is 2.75. The Hall–Kier alpha value is -1.85. The molecule has 11 heteroatoms. The fourth-order valence-electron chi connectivity index (χ4n) is 3.12. The molecule has 0 unspecified atom stereocenters. The Labute approximate surface area is 188 Å². The maximum absolute atomic E-state index is 13.1. The molecule has 0 bridgehead atoms. The Morgan fingerprint density at radius 1 is 1.03 bits per heavy atom. The van der Waals surface area contributed by atoms with Crippen LogP contribution < -0.4 is 10.0 Å². The van der Waals surface area contributed by atoms with Gasteiger partial charge in [0.1, 0.15) is 4.90 Å². The molecule has 1 saturated heterocycles. The van der Waals surface area contributed by atoms with E-state index < -0.39 is 20.0 Å². The second-order valence-corrected chi connectivity index (χ2v) is 11.0. The van der Waals surface area contributed by atoms with Crippen molar-refractivity contribution >= 4 is 43.0 Å². The monoisotopic (exact) mass is 487 g/mol. The number of anilines is 2. The predicted molar refractivity (Wildman–Crippen MR) is 122 cm³/mol. The molecule has 1 heterocycles. The molecule has 1 fully saturated rings. The van der Waals surface area contributed by atoms with Crippen LogP contribution in [0.2, 0.25) is 5.02 Å². The summed E-state index contributed by atoms with van der Waals surface area (Å²) in [5.41, 5.74) is 0.635. The second-order valence-electron chi connectivity index (χ2n) is 7.04. The maximum atomic E-state index is 13.1. The van der Waals surface area contributed by atoms with E-state index in [0.29, 0.717) is 25.4 Å². The lowest BCUT2D eigenvalue weighted by atomic mass is 10.2. The van der Waals surface area contributed by atoms with Gasteiger partial charge in [-0.1, -0.05) is 37.1 Å². The first kappa shape index (κ1) is 23.8. The van der Waals surface area contributed by atoms with Crippen molar-refractivity contribution in [3.05, 3.63) is 47.5 Å². The number of hydrogen-bond donors (Lipinski definition) is 2. The molecule has 0 aliphatic carbocycles. The zero-order chi connectivity index (χ0) is 22.5. The number of sulfonamides is 2. The van der Waals surface area contributed by atoms with Crippen molar-refractivity contribution in [2.45, 2.75) is 29.6 Å². The summed E-state index contributed by atoms with van der Waals surface area (Å²) in [6, 6.07) is 10.5. The van der Waals surface area contributed by atoms with Crippen molar-refractivity contribution < 1.29 is 21.6 Å². The van der Waals surface area contributed by atoms with E-state index in [1.165, 1.54) is 28.6 Å². The first-order valence-corrected chi connectivity index (χ1v) is 13.3. The van der Waals surface area contributed by atoms with E-state index in [1.807, 2.05) is 6.92 Å². The molecule has 1 aliphatic heterocycles. The number of unbranched alkanes of at least 4 members (excludes halogenated alkanes) is 1. The van der Waals surface area contributed by atoms with Crippen LogP contribution in [0.4, 0.5) is 11.4 Å². The van der Waals surface area contributed by atoms with Crippen LogP contribution in [0.1, 0.15) is 19.8 Å². The quantitative estimate of drug-likeness (QED) is 0.525. The Morgan fingerprint density at radius 2 is 1.74 bits per heavy atom. The molecule has 1 aliphatic rings. The molecule has 0 atom stereocenters. The van der Waals surface area contributed by atoms with Crippen molar-refractivity contribution in [2.75, 3.05) is 42.9 Å². The molecule has 0 spiro atoms. The number of morpholine rings is 1.